The number of methoxy groups -OCH3 is 3. The van der Waals surface area contributed by atoms with Crippen molar-refractivity contribution >= 4 is 17.2 Å². The zero-order chi connectivity index (χ0) is 20.1. The molecule has 1 aromatic heterocycles. The largest absolute Gasteiger partial charge is 0.493 e. The lowest BCUT2D eigenvalue weighted by atomic mass is 10.1. The Hall–Kier alpha value is -2.25. The zero-order valence-electron chi connectivity index (χ0n) is 16.9. The van der Waals surface area contributed by atoms with Gasteiger partial charge in [-0.15, -0.1) is 11.3 Å². The van der Waals surface area contributed by atoms with Gasteiger partial charge >= 0.3 is 0 Å². The molecule has 0 radical (unpaired) electrons. The van der Waals surface area contributed by atoms with E-state index in [2.05, 4.69) is 29.3 Å². The highest BCUT2D eigenvalue weighted by molar-refractivity contribution is 7.12. The molecule has 1 saturated heterocycles. The molecule has 1 amide bonds. The lowest BCUT2D eigenvalue weighted by molar-refractivity contribution is -0.122. The lowest BCUT2D eigenvalue weighted by Gasteiger charge is -2.23. The van der Waals surface area contributed by atoms with Gasteiger partial charge in [0, 0.05) is 22.3 Å². The Morgan fingerprint density at radius 1 is 1.18 bits per heavy atom. The molecule has 1 fully saturated rings. The van der Waals surface area contributed by atoms with Crippen LogP contribution in [0.1, 0.15) is 34.2 Å². The third-order valence-corrected chi connectivity index (χ3v) is 6.12. The van der Waals surface area contributed by atoms with Gasteiger partial charge in [-0.3, -0.25) is 9.69 Å². The number of nitrogens with one attached hydrogen (secondary N) is 1. The summed E-state index contributed by atoms with van der Waals surface area (Å²) in [5.41, 5.74) is 0.898. The van der Waals surface area contributed by atoms with Crippen molar-refractivity contribution < 1.29 is 19.0 Å². The second kappa shape index (κ2) is 9.30. The van der Waals surface area contributed by atoms with Gasteiger partial charge in [-0.1, -0.05) is 0 Å². The van der Waals surface area contributed by atoms with E-state index in [1.54, 1.807) is 21.3 Å². The van der Waals surface area contributed by atoms with Crippen molar-refractivity contribution in [1.29, 1.82) is 0 Å². The first kappa shape index (κ1) is 20.5. The molecule has 0 saturated carbocycles. The number of hydrogen-bond donors (Lipinski definition) is 1. The number of carbonyl (C=O) groups excluding carboxylic acids is 1. The van der Waals surface area contributed by atoms with Crippen LogP contribution in [0, 0.1) is 6.92 Å². The standard InChI is InChI=1S/C21H28N2O4S/c1-14-7-8-19(28-14)16-6-5-9-23(16)13-20(24)22-12-15-10-17(25-2)21(27-4)18(11-15)26-3/h7-8,10-11,16H,5-6,9,12-13H2,1-4H3,(H,22,24). The Bertz CT molecular complexity index is 795. The fourth-order valence-electron chi connectivity index (χ4n) is 3.65. The van der Waals surface area contributed by atoms with Gasteiger partial charge in [0.1, 0.15) is 0 Å². The molecule has 152 valence electrons. The number of ether oxygens (including phenoxy) is 3. The van der Waals surface area contributed by atoms with Crippen molar-refractivity contribution in [2.24, 2.45) is 0 Å². The second-order valence-electron chi connectivity index (χ2n) is 6.89. The second-order valence-corrected chi connectivity index (χ2v) is 8.21. The van der Waals surface area contributed by atoms with Gasteiger partial charge in [0.05, 0.1) is 27.9 Å². The average molecular weight is 405 g/mol. The topological polar surface area (TPSA) is 60.0 Å². The maximum atomic E-state index is 12.5. The van der Waals surface area contributed by atoms with Gasteiger partial charge in [0.2, 0.25) is 11.7 Å². The summed E-state index contributed by atoms with van der Waals surface area (Å²) in [7, 11) is 4.74. The molecule has 1 N–H and O–H groups in total. The molecule has 1 aliphatic rings. The van der Waals surface area contributed by atoms with Crippen molar-refractivity contribution in [2.45, 2.75) is 32.4 Å². The van der Waals surface area contributed by atoms with Gasteiger partial charge in [-0.2, -0.15) is 0 Å². The van der Waals surface area contributed by atoms with Crippen molar-refractivity contribution in [3.63, 3.8) is 0 Å². The van der Waals surface area contributed by atoms with Crippen LogP contribution in [0.2, 0.25) is 0 Å². The van der Waals surface area contributed by atoms with E-state index in [0.717, 1.165) is 24.9 Å². The molecule has 1 aliphatic heterocycles. The van der Waals surface area contributed by atoms with Crippen molar-refractivity contribution in [3.8, 4) is 17.2 Å². The molecule has 0 spiro atoms. The minimum Gasteiger partial charge on any atom is -0.493 e. The average Bonchev–Trinajstić information content (AvgIpc) is 3.33. The van der Waals surface area contributed by atoms with Crippen molar-refractivity contribution in [1.82, 2.24) is 10.2 Å². The monoisotopic (exact) mass is 404 g/mol. The zero-order valence-corrected chi connectivity index (χ0v) is 17.7. The maximum absolute atomic E-state index is 12.5. The predicted octanol–water partition coefficient (Wildman–Crippen LogP) is 3.54. The summed E-state index contributed by atoms with van der Waals surface area (Å²) in [5, 5.41) is 3.01. The molecule has 3 rings (SSSR count). The number of aryl methyl sites for hydroxylation is 1. The number of thiophene rings is 1. The van der Waals surface area contributed by atoms with Crippen LogP contribution < -0.4 is 19.5 Å². The van der Waals surface area contributed by atoms with E-state index in [1.807, 2.05) is 23.5 Å². The van der Waals surface area contributed by atoms with E-state index in [4.69, 9.17) is 14.2 Å². The van der Waals surface area contributed by atoms with E-state index in [-0.39, 0.29) is 5.91 Å². The Kier molecular flexibility index (Phi) is 6.80. The van der Waals surface area contributed by atoms with Crippen LogP contribution in [-0.2, 0) is 11.3 Å². The summed E-state index contributed by atoms with van der Waals surface area (Å²) in [6.07, 6.45) is 2.24. The van der Waals surface area contributed by atoms with Crippen molar-refractivity contribution in [3.05, 3.63) is 39.6 Å². The number of amides is 1. The smallest absolute Gasteiger partial charge is 0.234 e. The molecule has 2 aromatic rings. The van der Waals surface area contributed by atoms with Gasteiger partial charge < -0.3 is 19.5 Å². The summed E-state index contributed by atoms with van der Waals surface area (Å²) >= 11 is 1.82. The molecule has 0 bridgehead atoms. The predicted molar refractivity (Wildman–Crippen MR) is 111 cm³/mol. The number of benzene rings is 1. The fraction of sp³-hybridized carbons (Fsp3) is 0.476. The molecule has 0 aliphatic carbocycles. The molecular formula is C21H28N2O4S. The third kappa shape index (κ3) is 4.59. The molecule has 1 atom stereocenters. The molecule has 2 heterocycles. The molecule has 6 nitrogen and oxygen atoms in total. The highest BCUT2D eigenvalue weighted by Gasteiger charge is 2.28. The van der Waals surface area contributed by atoms with Gasteiger partial charge in [-0.05, 0) is 56.1 Å². The summed E-state index contributed by atoms with van der Waals surface area (Å²) in [6.45, 7) is 3.90. The first-order chi connectivity index (χ1) is 13.5. The summed E-state index contributed by atoms with van der Waals surface area (Å²) in [5.74, 6) is 1.73. The van der Waals surface area contributed by atoms with Crippen LogP contribution >= 0.6 is 11.3 Å². The van der Waals surface area contributed by atoms with E-state index < -0.39 is 0 Å². The normalized spacial score (nSPS) is 16.8. The minimum absolute atomic E-state index is 0.0222. The maximum Gasteiger partial charge on any atom is 0.234 e. The van der Waals surface area contributed by atoms with Crippen LogP contribution in [0.15, 0.2) is 24.3 Å². The molecule has 7 heteroatoms. The Labute approximate surface area is 170 Å². The summed E-state index contributed by atoms with van der Waals surface area (Å²) in [4.78, 5) is 17.5. The Morgan fingerprint density at radius 3 is 2.46 bits per heavy atom. The first-order valence-electron chi connectivity index (χ1n) is 9.41. The summed E-state index contributed by atoms with van der Waals surface area (Å²) in [6, 6.07) is 8.41. The van der Waals surface area contributed by atoms with Crippen LogP contribution in [0.25, 0.3) is 0 Å². The van der Waals surface area contributed by atoms with E-state index in [9.17, 15) is 4.79 Å². The van der Waals surface area contributed by atoms with Crippen molar-refractivity contribution in [2.75, 3.05) is 34.4 Å². The third-order valence-electron chi connectivity index (χ3n) is 5.01. The number of nitrogens with zero attached hydrogens (tertiary/aromatic N) is 1. The Balaban J connectivity index is 1.61. The van der Waals surface area contributed by atoms with Crippen LogP contribution in [0.5, 0.6) is 17.2 Å². The first-order valence-corrected chi connectivity index (χ1v) is 10.2. The van der Waals surface area contributed by atoms with Gasteiger partial charge in [-0.25, -0.2) is 0 Å². The molecule has 28 heavy (non-hydrogen) atoms. The van der Waals surface area contributed by atoms with Crippen LogP contribution in [0.4, 0.5) is 0 Å². The summed E-state index contributed by atoms with van der Waals surface area (Å²) < 4.78 is 16.1. The van der Waals surface area contributed by atoms with Crippen LogP contribution in [0.3, 0.4) is 0 Å². The Morgan fingerprint density at radius 2 is 1.89 bits per heavy atom. The molecule has 1 unspecified atom stereocenters. The highest BCUT2D eigenvalue weighted by atomic mass is 32.1. The van der Waals surface area contributed by atoms with Gasteiger partial charge in [0.25, 0.3) is 0 Å². The quantitative estimate of drug-likeness (QED) is 0.729. The fourth-order valence-corrected chi connectivity index (χ4v) is 4.70. The minimum atomic E-state index is 0.0222. The number of likely N-dealkylation sites (tertiary alicyclic amines) is 1. The van der Waals surface area contributed by atoms with E-state index in [1.165, 1.54) is 9.75 Å². The SMILES string of the molecule is COc1cc(CNC(=O)CN2CCCC2c2ccc(C)s2)cc(OC)c1OC. The van der Waals surface area contributed by atoms with Gasteiger partial charge in [0.15, 0.2) is 11.5 Å². The molecule has 1 aromatic carbocycles. The highest BCUT2D eigenvalue weighted by Crippen LogP contribution is 2.38. The number of carbonyl (C=O) groups is 1. The number of rotatable bonds is 8. The lowest BCUT2D eigenvalue weighted by Crippen LogP contribution is -2.36. The van der Waals surface area contributed by atoms with E-state index >= 15 is 0 Å². The molecular weight excluding hydrogens is 376 g/mol. The van der Waals surface area contributed by atoms with Crippen LogP contribution in [-0.4, -0.2) is 45.2 Å². The van der Waals surface area contributed by atoms with E-state index in [0.29, 0.717) is 36.4 Å². The number of hydrogen-bond acceptors (Lipinski definition) is 6.